The van der Waals surface area contributed by atoms with E-state index in [9.17, 15) is 4.79 Å². The van der Waals surface area contributed by atoms with Gasteiger partial charge in [0.25, 0.3) is 0 Å². The standard InChI is InChI=1S/C19H16N2O4/c22-19(23)17-10-20-13-21-18(17)12-25-16-8-6-15(7-9-16)24-11-14-4-2-1-3-5-14/h1-10,13H,11-12H2,(H,22,23). The number of rotatable bonds is 7. The van der Waals surface area contributed by atoms with Crippen LogP contribution in [0.4, 0.5) is 0 Å². The van der Waals surface area contributed by atoms with E-state index >= 15 is 0 Å². The molecule has 0 aliphatic carbocycles. The molecule has 3 rings (SSSR count). The molecule has 2 aromatic carbocycles. The number of ether oxygens (including phenoxy) is 2. The first kappa shape index (κ1) is 16.4. The Morgan fingerprint density at radius 1 is 0.920 bits per heavy atom. The van der Waals surface area contributed by atoms with Crippen LogP contribution in [0.3, 0.4) is 0 Å². The highest BCUT2D eigenvalue weighted by Gasteiger charge is 2.11. The van der Waals surface area contributed by atoms with Crippen LogP contribution >= 0.6 is 0 Å². The molecule has 6 heteroatoms. The minimum absolute atomic E-state index is 0.0327. The van der Waals surface area contributed by atoms with Crippen LogP contribution in [0.1, 0.15) is 21.6 Å². The molecule has 1 aromatic heterocycles. The molecule has 0 amide bonds. The SMILES string of the molecule is O=C(O)c1cncnc1COc1ccc(OCc2ccccc2)cc1. The molecule has 25 heavy (non-hydrogen) atoms. The summed E-state index contributed by atoms with van der Waals surface area (Å²) in [6.45, 7) is 0.540. The van der Waals surface area contributed by atoms with E-state index in [0.29, 0.717) is 18.1 Å². The number of carboxylic acid groups (broad SMARTS) is 1. The largest absolute Gasteiger partial charge is 0.489 e. The highest BCUT2D eigenvalue weighted by molar-refractivity contribution is 5.88. The molecular formula is C19H16N2O4. The van der Waals surface area contributed by atoms with Gasteiger partial charge in [0.15, 0.2) is 0 Å². The molecule has 0 radical (unpaired) electrons. The molecule has 0 bridgehead atoms. The molecule has 126 valence electrons. The second kappa shape index (κ2) is 7.92. The second-order valence-corrected chi connectivity index (χ2v) is 5.22. The van der Waals surface area contributed by atoms with Crippen molar-refractivity contribution in [3.63, 3.8) is 0 Å². The van der Waals surface area contributed by atoms with Gasteiger partial charge in [0, 0.05) is 6.20 Å². The average molecular weight is 336 g/mol. The Morgan fingerprint density at radius 2 is 1.56 bits per heavy atom. The summed E-state index contributed by atoms with van der Waals surface area (Å²) in [5.74, 6) is 0.246. The first-order chi connectivity index (χ1) is 12.2. The molecule has 0 aliphatic rings. The lowest BCUT2D eigenvalue weighted by molar-refractivity contribution is 0.0692. The fraction of sp³-hybridized carbons (Fsp3) is 0.105. The predicted octanol–water partition coefficient (Wildman–Crippen LogP) is 3.33. The summed E-state index contributed by atoms with van der Waals surface area (Å²) in [5.41, 5.74) is 1.45. The van der Waals surface area contributed by atoms with Gasteiger partial charge in [-0.1, -0.05) is 30.3 Å². The van der Waals surface area contributed by atoms with Gasteiger partial charge >= 0.3 is 5.97 Å². The van der Waals surface area contributed by atoms with Gasteiger partial charge in [-0.15, -0.1) is 0 Å². The van der Waals surface area contributed by atoms with E-state index < -0.39 is 5.97 Å². The van der Waals surface area contributed by atoms with Crippen molar-refractivity contribution in [2.45, 2.75) is 13.2 Å². The van der Waals surface area contributed by atoms with E-state index in [-0.39, 0.29) is 12.2 Å². The molecule has 0 fully saturated rings. The lowest BCUT2D eigenvalue weighted by Gasteiger charge is -2.09. The smallest absolute Gasteiger partial charge is 0.339 e. The van der Waals surface area contributed by atoms with Crippen LogP contribution in [0.5, 0.6) is 11.5 Å². The maximum Gasteiger partial charge on any atom is 0.339 e. The molecule has 1 heterocycles. The Bertz CT molecular complexity index is 836. The molecule has 3 aromatic rings. The van der Waals surface area contributed by atoms with Crippen LogP contribution in [0.15, 0.2) is 67.1 Å². The number of carboxylic acids is 1. The van der Waals surface area contributed by atoms with Crippen molar-refractivity contribution >= 4 is 5.97 Å². The van der Waals surface area contributed by atoms with Gasteiger partial charge in [-0.05, 0) is 29.8 Å². The summed E-state index contributed by atoms with van der Waals surface area (Å²) in [4.78, 5) is 18.8. The van der Waals surface area contributed by atoms with Gasteiger partial charge in [0.05, 0.1) is 5.69 Å². The minimum Gasteiger partial charge on any atom is -0.489 e. The summed E-state index contributed by atoms with van der Waals surface area (Å²) >= 11 is 0. The summed E-state index contributed by atoms with van der Waals surface area (Å²) in [7, 11) is 0. The highest BCUT2D eigenvalue weighted by atomic mass is 16.5. The number of aromatic nitrogens is 2. The van der Waals surface area contributed by atoms with Crippen LogP contribution < -0.4 is 9.47 Å². The maximum atomic E-state index is 11.1. The van der Waals surface area contributed by atoms with Crippen molar-refractivity contribution in [2.75, 3.05) is 0 Å². The number of benzene rings is 2. The Kier molecular flexibility index (Phi) is 5.21. The number of aromatic carboxylic acids is 1. The molecule has 0 aliphatic heterocycles. The lowest BCUT2D eigenvalue weighted by atomic mass is 10.2. The van der Waals surface area contributed by atoms with Crippen LogP contribution in [0.25, 0.3) is 0 Å². The van der Waals surface area contributed by atoms with E-state index in [1.165, 1.54) is 12.5 Å². The zero-order valence-corrected chi connectivity index (χ0v) is 13.3. The third-order valence-corrected chi connectivity index (χ3v) is 3.47. The fourth-order valence-electron chi connectivity index (χ4n) is 2.17. The Balaban J connectivity index is 1.57. The van der Waals surface area contributed by atoms with Gasteiger partial charge in [0.1, 0.15) is 36.6 Å². The van der Waals surface area contributed by atoms with Crippen LogP contribution in [-0.2, 0) is 13.2 Å². The zero-order valence-electron chi connectivity index (χ0n) is 13.3. The number of hydrogen-bond donors (Lipinski definition) is 1. The molecular weight excluding hydrogens is 320 g/mol. The third-order valence-electron chi connectivity index (χ3n) is 3.47. The van der Waals surface area contributed by atoms with Gasteiger partial charge in [-0.25, -0.2) is 14.8 Å². The van der Waals surface area contributed by atoms with Gasteiger partial charge < -0.3 is 14.6 Å². The minimum atomic E-state index is -1.08. The number of nitrogens with zero attached hydrogens (tertiary/aromatic N) is 2. The fourth-order valence-corrected chi connectivity index (χ4v) is 2.17. The topological polar surface area (TPSA) is 81.5 Å². The van der Waals surface area contributed by atoms with Crippen molar-refractivity contribution in [3.8, 4) is 11.5 Å². The summed E-state index contributed by atoms with van der Waals surface area (Å²) in [5, 5.41) is 9.10. The van der Waals surface area contributed by atoms with Crippen molar-refractivity contribution in [3.05, 3.63) is 83.9 Å². The molecule has 0 spiro atoms. The summed E-state index contributed by atoms with van der Waals surface area (Å²) in [6.07, 6.45) is 2.56. The second-order valence-electron chi connectivity index (χ2n) is 5.22. The van der Waals surface area contributed by atoms with E-state index in [2.05, 4.69) is 9.97 Å². The Hall–Kier alpha value is -3.41. The lowest BCUT2D eigenvalue weighted by Crippen LogP contribution is -2.08. The Labute approximate surface area is 144 Å². The monoisotopic (exact) mass is 336 g/mol. The van der Waals surface area contributed by atoms with Crippen molar-refractivity contribution < 1.29 is 19.4 Å². The van der Waals surface area contributed by atoms with Gasteiger partial charge in [-0.2, -0.15) is 0 Å². The molecule has 0 unspecified atom stereocenters. The zero-order chi connectivity index (χ0) is 17.5. The first-order valence-corrected chi connectivity index (χ1v) is 7.64. The summed E-state index contributed by atoms with van der Waals surface area (Å²) < 4.78 is 11.3. The number of carbonyl (C=O) groups is 1. The van der Waals surface area contributed by atoms with Gasteiger partial charge in [0.2, 0.25) is 0 Å². The average Bonchev–Trinajstić information content (AvgIpc) is 2.66. The third kappa shape index (κ3) is 4.54. The predicted molar refractivity (Wildman–Crippen MR) is 90.5 cm³/mol. The summed E-state index contributed by atoms with van der Waals surface area (Å²) in [6, 6.07) is 17.0. The van der Waals surface area contributed by atoms with Crippen molar-refractivity contribution in [2.24, 2.45) is 0 Å². The van der Waals surface area contributed by atoms with Gasteiger partial charge in [-0.3, -0.25) is 0 Å². The van der Waals surface area contributed by atoms with Crippen LogP contribution in [0, 0.1) is 0 Å². The van der Waals surface area contributed by atoms with E-state index in [4.69, 9.17) is 14.6 Å². The van der Waals surface area contributed by atoms with Crippen molar-refractivity contribution in [1.29, 1.82) is 0 Å². The quantitative estimate of drug-likeness (QED) is 0.713. The van der Waals surface area contributed by atoms with E-state index in [1.54, 1.807) is 24.3 Å². The van der Waals surface area contributed by atoms with Crippen molar-refractivity contribution in [1.82, 2.24) is 9.97 Å². The molecule has 1 N–H and O–H groups in total. The van der Waals surface area contributed by atoms with E-state index in [0.717, 1.165) is 11.3 Å². The molecule has 0 saturated heterocycles. The molecule has 0 saturated carbocycles. The Morgan fingerprint density at radius 3 is 2.20 bits per heavy atom. The number of hydrogen-bond acceptors (Lipinski definition) is 5. The highest BCUT2D eigenvalue weighted by Crippen LogP contribution is 2.20. The molecule has 0 atom stereocenters. The maximum absolute atomic E-state index is 11.1. The molecule has 6 nitrogen and oxygen atoms in total. The van der Waals surface area contributed by atoms with Crippen LogP contribution in [0.2, 0.25) is 0 Å². The first-order valence-electron chi connectivity index (χ1n) is 7.64. The normalized spacial score (nSPS) is 10.2. The van der Waals surface area contributed by atoms with E-state index in [1.807, 2.05) is 30.3 Å². The van der Waals surface area contributed by atoms with Crippen LogP contribution in [-0.4, -0.2) is 21.0 Å².